The van der Waals surface area contributed by atoms with Gasteiger partial charge in [-0.25, -0.2) is 4.39 Å². The van der Waals surface area contributed by atoms with Gasteiger partial charge in [-0.1, -0.05) is 23.2 Å². The van der Waals surface area contributed by atoms with Crippen molar-refractivity contribution in [2.45, 2.75) is 12.5 Å². The van der Waals surface area contributed by atoms with Gasteiger partial charge >= 0.3 is 0 Å². The van der Waals surface area contributed by atoms with Gasteiger partial charge < -0.3 is 4.74 Å². The average molecular weight is 320 g/mol. The van der Waals surface area contributed by atoms with Crippen molar-refractivity contribution in [2.24, 2.45) is 0 Å². The molecule has 19 heavy (non-hydrogen) atoms. The number of alkyl halides is 1. The lowest BCUT2D eigenvalue weighted by molar-refractivity contribution is 0.303. The molecule has 0 radical (unpaired) electrons. The summed E-state index contributed by atoms with van der Waals surface area (Å²) >= 11 is 17.7. The van der Waals surface area contributed by atoms with E-state index in [1.807, 2.05) is 0 Å². The lowest BCUT2D eigenvalue weighted by Crippen LogP contribution is -1.99. The van der Waals surface area contributed by atoms with Crippen molar-refractivity contribution in [1.82, 2.24) is 0 Å². The van der Waals surface area contributed by atoms with Crippen LogP contribution in [0.4, 0.5) is 4.39 Å². The van der Waals surface area contributed by atoms with Crippen molar-refractivity contribution >= 4 is 34.8 Å². The molecular weight excluding hydrogens is 310 g/mol. The molecule has 0 heterocycles. The molecule has 5 heteroatoms. The SMILES string of the molecule is Fc1ccc(Cl)c(COc2ccc(Cl)cc2CCl)c1. The maximum Gasteiger partial charge on any atom is 0.124 e. The van der Waals surface area contributed by atoms with Crippen molar-refractivity contribution in [3.8, 4) is 5.75 Å². The van der Waals surface area contributed by atoms with E-state index in [1.165, 1.54) is 18.2 Å². The van der Waals surface area contributed by atoms with Crippen LogP contribution in [0.15, 0.2) is 36.4 Å². The monoisotopic (exact) mass is 318 g/mol. The van der Waals surface area contributed by atoms with Crippen LogP contribution >= 0.6 is 34.8 Å². The zero-order chi connectivity index (χ0) is 13.8. The molecule has 2 aromatic rings. The number of rotatable bonds is 4. The Morgan fingerprint density at radius 2 is 1.79 bits per heavy atom. The van der Waals surface area contributed by atoms with Gasteiger partial charge in [0.05, 0.1) is 5.88 Å². The first kappa shape index (κ1) is 14.4. The molecule has 0 aromatic heterocycles. The molecule has 1 nitrogen and oxygen atoms in total. The van der Waals surface area contributed by atoms with Crippen LogP contribution in [0.2, 0.25) is 10.0 Å². The number of benzene rings is 2. The first-order valence-corrected chi connectivity index (χ1v) is 6.80. The average Bonchev–Trinajstić information content (AvgIpc) is 2.40. The fraction of sp³-hybridized carbons (Fsp3) is 0.143. The second-order valence-corrected chi connectivity index (χ2v) is 5.02. The normalized spacial score (nSPS) is 10.5. The van der Waals surface area contributed by atoms with E-state index in [1.54, 1.807) is 18.2 Å². The summed E-state index contributed by atoms with van der Waals surface area (Å²) in [5.74, 6) is 0.545. The third-order valence-corrected chi connectivity index (χ3v) is 3.45. The van der Waals surface area contributed by atoms with Crippen molar-refractivity contribution in [2.75, 3.05) is 0 Å². The molecule has 0 N–H and O–H groups in total. The van der Waals surface area contributed by atoms with Gasteiger partial charge in [-0.15, -0.1) is 11.6 Å². The Hall–Kier alpha value is -0.960. The zero-order valence-electron chi connectivity index (χ0n) is 9.80. The van der Waals surface area contributed by atoms with Gasteiger partial charge in [0.25, 0.3) is 0 Å². The Morgan fingerprint density at radius 3 is 2.53 bits per heavy atom. The molecule has 0 bridgehead atoms. The number of hydrogen-bond donors (Lipinski definition) is 0. The van der Waals surface area contributed by atoms with E-state index in [4.69, 9.17) is 39.5 Å². The number of hydrogen-bond acceptors (Lipinski definition) is 1. The van der Waals surface area contributed by atoms with Gasteiger partial charge in [0.1, 0.15) is 18.2 Å². The Kier molecular flexibility index (Phi) is 4.92. The first-order valence-electron chi connectivity index (χ1n) is 5.51. The zero-order valence-corrected chi connectivity index (χ0v) is 12.1. The summed E-state index contributed by atoms with van der Waals surface area (Å²) in [6.07, 6.45) is 0. The minimum absolute atomic E-state index is 0.169. The van der Waals surface area contributed by atoms with E-state index in [9.17, 15) is 4.39 Å². The van der Waals surface area contributed by atoms with Crippen LogP contribution in [0.3, 0.4) is 0 Å². The third-order valence-electron chi connectivity index (χ3n) is 2.56. The van der Waals surface area contributed by atoms with Gasteiger partial charge in [-0.2, -0.15) is 0 Å². The van der Waals surface area contributed by atoms with E-state index >= 15 is 0 Å². The molecule has 0 fully saturated rings. The molecule has 0 aliphatic heterocycles. The summed E-state index contributed by atoms with van der Waals surface area (Å²) in [4.78, 5) is 0. The molecule has 0 aliphatic carbocycles. The van der Waals surface area contributed by atoms with Gasteiger partial charge in [0, 0.05) is 21.2 Å². The van der Waals surface area contributed by atoms with Crippen LogP contribution < -0.4 is 4.74 Å². The van der Waals surface area contributed by atoms with Crippen molar-refractivity contribution in [1.29, 1.82) is 0 Å². The molecular formula is C14H10Cl3FO. The maximum absolute atomic E-state index is 13.1. The lowest BCUT2D eigenvalue weighted by atomic mass is 10.2. The third kappa shape index (κ3) is 3.75. The van der Waals surface area contributed by atoms with E-state index in [-0.39, 0.29) is 18.3 Å². The fourth-order valence-corrected chi connectivity index (χ4v) is 2.18. The molecule has 2 aromatic carbocycles. The van der Waals surface area contributed by atoms with Gasteiger partial charge in [0.2, 0.25) is 0 Å². The summed E-state index contributed by atoms with van der Waals surface area (Å²) in [6, 6.07) is 9.32. The van der Waals surface area contributed by atoms with E-state index in [0.717, 1.165) is 5.56 Å². The molecule has 0 saturated carbocycles. The summed E-state index contributed by atoms with van der Waals surface area (Å²) in [5, 5.41) is 1.05. The Balaban J connectivity index is 2.16. The van der Waals surface area contributed by atoms with Crippen molar-refractivity contribution in [3.05, 3.63) is 63.4 Å². The van der Waals surface area contributed by atoms with Crippen LogP contribution in [-0.4, -0.2) is 0 Å². The highest BCUT2D eigenvalue weighted by molar-refractivity contribution is 6.31. The number of halogens is 4. The molecule has 0 atom stereocenters. The predicted molar refractivity (Wildman–Crippen MR) is 76.8 cm³/mol. The summed E-state index contributed by atoms with van der Waals surface area (Å²) < 4.78 is 18.7. The van der Waals surface area contributed by atoms with Gasteiger partial charge in [-0.3, -0.25) is 0 Å². The summed E-state index contributed by atoms with van der Waals surface area (Å²) in [5.41, 5.74) is 1.36. The minimum atomic E-state index is -0.350. The highest BCUT2D eigenvalue weighted by atomic mass is 35.5. The van der Waals surface area contributed by atoms with Gasteiger partial charge in [0.15, 0.2) is 0 Å². The Labute approximate surface area is 125 Å². The fourth-order valence-electron chi connectivity index (χ4n) is 1.60. The predicted octanol–water partition coefficient (Wildman–Crippen LogP) is 5.45. The maximum atomic E-state index is 13.1. The minimum Gasteiger partial charge on any atom is -0.489 e. The molecule has 100 valence electrons. The number of ether oxygens (including phenoxy) is 1. The quantitative estimate of drug-likeness (QED) is 0.681. The summed E-state index contributed by atoms with van der Waals surface area (Å²) in [7, 11) is 0. The van der Waals surface area contributed by atoms with Gasteiger partial charge in [-0.05, 0) is 36.4 Å². The topological polar surface area (TPSA) is 9.23 Å². The molecule has 0 unspecified atom stereocenters. The van der Waals surface area contributed by atoms with Crippen molar-refractivity contribution < 1.29 is 9.13 Å². The largest absolute Gasteiger partial charge is 0.489 e. The van der Waals surface area contributed by atoms with E-state index in [0.29, 0.717) is 21.4 Å². The molecule has 0 saturated heterocycles. The Bertz CT molecular complexity index is 587. The van der Waals surface area contributed by atoms with Crippen molar-refractivity contribution in [3.63, 3.8) is 0 Å². The molecule has 0 aliphatic rings. The lowest BCUT2D eigenvalue weighted by Gasteiger charge is -2.11. The first-order chi connectivity index (χ1) is 9.10. The smallest absolute Gasteiger partial charge is 0.124 e. The summed E-state index contributed by atoms with van der Waals surface area (Å²) in [6.45, 7) is 0.169. The molecule has 0 amide bonds. The highest BCUT2D eigenvalue weighted by Gasteiger charge is 2.07. The van der Waals surface area contributed by atoms with Crippen LogP contribution in [0.5, 0.6) is 5.75 Å². The van der Waals surface area contributed by atoms with Crippen LogP contribution in [0.1, 0.15) is 11.1 Å². The molecule has 2 rings (SSSR count). The second-order valence-electron chi connectivity index (χ2n) is 3.91. The Morgan fingerprint density at radius 1 is 1.00 bits per heavy atom. The molecule has 0 spiro atoms. The van der Waals surface area contributed by atoms with E-state index < -0.39 is 0 Å². The van der Waals surface area contributed by atoms with Crippen LogP contribution in [-0.2, 0) is 12.5 Å². The highest BCUT2D eigenvalue weighted by Crippen LogP contribution is 2.26. The van der Waals surface area contributed by atoms with E-state index in [2.05, 4.69) is 0 Å². The van der Waals surface area contributed by atoms with Crippen LogP contribution in [0.25, 0.3) is 0 Å². The van der Waals surface area contributed by atoms with Crippen LogP contribution in [0, 0.1) is 5.82 Å². The second kappa shape index (κ2) is 6.47. The standard InChI is InChI=1S/C14H10Cl3FO/c15-7-9-5-11(16)1-4-14(9)19-8-10-6-12(18)2-3-13(10)17/h1-6H,7-8H2.